The van der Waals surface area contributed by atoms with Crippen molar-refractivity contribution in [1.29, 1.82) is 0 Å². The number of fused-ring (bicyclic) bond motifs is 1. The van der Waals surface area contributed by atoms with E-state index in [-0.39, 0.29) is 18.0 Å². The van der Waals surface area contributed by atoms with Crippen LogP contribution in [0, 0.1) is 10.1 Å². The average molecular weight is 429 g/mol. The summed E-state index contributed by atoms with van der Waals surface area (Å²) in [6, 6.07) is 11.8. The molecule has 0 atom stereocenters. The minimum Gasteiger partial charge on any atom is -0.492 e. The van der Waals surface area contributed by atoms with Gasteiger partial charge in [-0.1, -0.05) is 29.5 Å². The molecule has 0 N–H and O–H groups in total. The van der Waals surface area contributed by atoms with E-state index in [1.165, 1.54) is 23.5 Å². The predicted octanol–water partition coefficient (Wildman–Crippen LogP) is 3.74. The number of nitro benzene ring substituents is 1. The van der Waals surface area contributed by atoms with Crippen molar-refractivity contribution in [2.24, 2.45) is 0 Å². The van der Waals surface area contributed by atoms with Gasteiger partial charge in [-0.25, -0.2) is 4.98 Å². The van der Waals surface area contributed by atoms with Gasteiger partial charge in [-0.15, -0.1) is 0 Å². The number of nitro groups is 1. The number of amides is 1. The zero-order valence-corrected chi connectivity index (χ0v) is 18.0. The van der Waals surface area contributed by atoms with Gasteiger partial charge in [-0.05, 0) is 38.7 Å². The molecule has 158 valence electrons. The summed E-state index contributed by atoms with van der Waals surface area (Å²) < 4.78 is 6.63. The molecule has 0 aliphatic heterocycles. The molecule has 0 aliphatic carbocycles. The Labute approximate surface area is 178 Å². The third-order valence-corrected chi connectivity index (χ3v) is 5.52. The predicted molar refractivity (Wildman–Crippen MR) is 118 cm³/mol. The zero-order valence-electron chi connectivity index (χ0n) is 17.2. The van der Waals surface area contributed by atoms with E-state index in [1.54, 1.807) is 17.0 Å². The summed E-state index contributed by atoms with van der Waals surface area (Å²) in [7, 11) is 3.90. The summed E-state index contributed by atoms with van der Waals surface area (Å²) in [5, 5.41) is 11.5. The van der Waals surface area contributed by atoms with Crippen molar-refractivity contribution in [1.82, 2.24) is 9.88 Å². The number of hydrogen-bond acceptors (Lipinski definition) is 7. The number of para-hydroxylation sites is 1. The van der Waals surface area contributed by atoms with E-state index in [1.807, 2.05) is 44.1 Å². The van der Waals surface area contributed by atoms with Crippen molar-refractivity contribution in [2.45, 2.75) is 13.3 Å². The van der Waals surface area contributed by atoms with Crippen LogP contribution in [-0.2, 0) is 11.2 Å². The topological polar surface area (TPSA) is 88.8 Å². The second-order valence-corrected chi connectivity index (χ2v) is 7.99. The molecule has 0 fully saturated rings. The van der Waals surface area contributed by atoms with Crippen LogP contribution in [0.25, 0.3) is 10.2 Å². The summed E-state index contributed by atoms with van der Waals surface area (Å²) in [5.74, 6) is 0.593. The van der Waals surface area contributed by atoms with Crippen molar-refractivity contribution >= 4 is 38.3 Å². The maximum atomic E-state index is 13.1. The van der Waals surface area contributed by atoms with Gasteiger partial charge in [-0.3, -0.25) is 19.8 Å². The Morgan fingerprint density at radius 3 is 2.53 bits per heavy atom. The molecule has 30 heavy (non-hydrogen) atoms. The van der Waals surface area contributed by atoms with E-state index in [0.29, 0.717) is 30.6 Å². The first-order valence-corrected chi connectivity index (χ1v) is 10.4. The first-order chi connectivity index (χ1) is 14.4. The van der Waals surface area contributed by atoms with Crippen molar-refractivity contribution in [3.63, 3.8) is 0 Å². The lowest BCUT2D eigenvalue weighted by atomic mass is 10.1. The van der Waals surface area contributed by atoms with Crippen molar-refractivity contribution in [3.8, 4) is 5.75 Å². The fourth-order valence-corrected chi connectivity index (χ4v) is 3.96. The van der Waals surface area contributed by atoms with Gasteiger partial charge in [0.25, 0.3) is 5.69 Å². The van der Waals surface area contributed by atoms with E-state index < -0.39 is 4.92 Å². The number of ether oxygens (including phenoxy) is 1. The van der Waals surface area contributed by atoms with Gasteiger partial charge < -0.3 is 9.64 Å². The zero-order chi connectivity index (χ0) is 21.7. The van der Waals surface area contributed by atoms with Crippen LogP contribution >= 0.6 is 11.3 Å². The molecule has 3 rings (SSSR count). The number of hydrogen-bond donors (Lipinski definition) is 0. The molecule has 1 heterocycles. The Morgan fingerprint density at radius 1 is 1.17 bits per heavy atom. The summed E-state index contributed by atoms with van der Waals surface area (Å²) >= 11 is 1.45. The fourth-order valence-electron chi connectivity index (χ4n) is 2.93. The van der Waals surface area contributed by atoms with E-state index in [9.17, 15) is 14.9 Å². The minimum absolute atomic E-state index is 0.00490. The number of non-ortho nitro benzene ring substituents is 1. The van der Waals surface area contributed by atoms with E-state index in [0.717, 1.165) is 15.8 Å². The van der Waals surface area contributed by atoms with Gasteiger partial charge in [-0.2, -0.15) is 0 Å². The molecule has 0 spiro atoms. The smallest absolute Gasteiger partial charge is 0.269 e. The largest absolute Gasteiger partial charge is 0.492 e. The highest BCUT2D eigenvalue weighted by atomic mass is 32.1. The molecular formula is C21H24N4O4S. The highest BCUT2D eigenvalue weighted by Gasteiger charge is 2.21. The number of rotatable bonds is 9. The van der Waals surface area contributed by atoms with Crippen LogP contribution in [0.1, 0.15) is 12.5 Å². The van der Waals surface area contributed by atoms with Gasteiger partial charge in [0.2, 0.25) is 5.91 Å². The molecule has 2 aromatic carbocycles. The first-order valence-electron chi connectivity index (χ1n) is 9.59. The van der Waals surface area contributed by atoms with E-state index in [4.69, 9.17) is 9.72 Å². The van der Waals surface area contributed by atoms with Gasteiger partial charge in [0, 0.05) is 25.2 Å². The Hall–Kier alpha value is -3.04. The number of aromatic nitrogens is 1. The molecule has 0 saturated heterocycles. The Morgan fingerprint density at radius 2 is 1.90 bits per heavy atom. The molecule has 8 nitrogen and oxygen atoms in total. The summed E-state index contributed by atoms with van der Waals surface area (Å²) in [6.45, 7) is 3.63. The molecule has 3 aromatic rings. The number of carbonyl (C=O) groups excluding carboxylic acids is 1. The summed E-state index contributed by atoms with van der Waals surface area (Å²) in [6.07, 6.45) is 0.139. The SMILES string of the molecule is CCOc1cccc2sc(N(CCN(C)C)C(=O)Cc3ccc([N+](=O)[O-])cc3)nc12. The van der Waals surface area contributed by atoms with Crippen molar-refractivity contribution < 1.29 is 14.5 Å². The fraction of sp³-hybridized carbons (Fsp3) is 0.333. The van der Waals surface area contributed by atoms with Gasteiger partial charge in [0.05, 0.1) is 22.7 Å². The van der Waals surface area contributed by atoms with Crippen molar-refractivity contribution in [3.05, 3.63) is 58.1 Å². The van der Waals surface area contributed by atoms with Crippen LogP contribution in [0.15, 0.2) is 42.5 Å². The van der Waals surface area contributed by atoms with E-state index in [2.05, 4.69) is 0 Å². The number of carbonyl (C=O) groups is 1. The lowest BCUT2D eigenvalue weighted by Gasteiger charge is -2.22. The lowest BCUT2D eigenvalue weighted by Crippen LogP contribution is -2.37. The molecule has 0 radical (unpaired) electrons. The van der Waals surface area contributed by atoms with Crippen molar-refractivity contribution in [2.75, 3.05) is 38.7 Å². The van der Waals surface area contributed by atoms with Crippen LogP contribution < -0.4 is 9.64 Å². The summed E-state index contributed by atoms with van der Waals surface area (Å²) in [5.41, 5.74) is 1.47. The van der Waals surface area contributed by atoms with Gasteiger partial charge >= 0.3 is 0 Å². The van der Waals surface area contributed by atoms with Crippen LogP contribution in [0.2, 0.25) is 0 Å². The standard InChI is InChI=1S/C21H24N4O4S/c1-4-29-17-6-5-7-18-20(17)22-21(30-18)24(13-12-23(2)3)19(26)14-15-8-10-16(11-9-15)25(27)28/h5-11H,4,12-14H2,1-3H3. The quantitative estimate of drug-likeness (QED) is 0.381. The Balaban J connectivity index is 1.88. The maximum Gasteiger partial charge on any atom is 0.269 e. The number of benzene rings is 2. The molecule has 1 amide bonds. The normalized spacial score (nSPS) is 11.1. The molecule has 0 unspecified atom stereocenters. The highest BCUT2D eigenvalue weighted by molar-refractivity contribution is 7.22. The molecule has 0 aliphatic rings. The maximum absolute atomic E-state index is 13.1. The third kappa shape index (κ3) is 5.11. The molecule has 0 bridgehead atoms. The lowest BCUT2D eigenvalue weighted by molar-refractivity contribution is -0.384. The second-order valence-electron chi connectivity index (χ2n) is 6.98. The Bertz CT molecular complexity index is 1030. The van der Waals surface area contributed by atoms with Crippen LogP contribution in [0.3, 0.4) is 0 Å². The number of nitrogens with zero attached hydrogens (tertiary/aromatic N) is 4. The van der Waals surface area contributed by atoms with Gasteiger partial charge in [0.15, 0.2) is 5.13 Å². The first kappa shape index (κ1) is 21.7. The summed E-state index contributed by atoms with van der Waals surface area (Å²) in [4.78, 5) is 31.9. The number of anilines is 1. The third-order valence-electron chi connectivity index (χ3n) is 4.48. The number of likely N-dealkylation sites (N-methyl/N-ethyl adjacent to an activating group) is 1. The van der Waals surface area contributed by atoms with Crippen LogP contribution in [-0.4, -0.2) is 54.5 Å². The minimum atomic E-state index is -0.452. The van der Waals surface area contributed by atoms with E-state index >= 15 is 0 Å². The highest BCUT2D eigenvalue weighted by Crippen LogP contribution is 2.34. The van der Waals surface area contributed by atoms with Crippen LogP contribution in [0.4, 0.5) is 10.8 Å². The molecule has 1 aromatic heterocycles. The average Bonchev–Trinajstić information content (AvgIpc) is 3.13. The molecular weight excluding hydrogens is 404 g/mol. The second kappa shape index (κ2) is 9.64. The molecule has 0 saturated carbocycles. The monoisotopic (exact) mass is 428 g/mol. The van der Waals surface area contributed by atoms with Crippen LogP contribution in [0.5, 0.6) is 5.75 Å². The number of thiazole rings is 1. The van der Waals surface area contributed by atoms with Gasteiger partial charge in [0.1, 0.15) is 11.3 Å². The Kier molecular flexibility index (Phi) is 6.96. The molecule has 9 heteroatoms.